The summed E-state index contributed by atoms with van der Waals surface area (Å²) in [5, 5.41) is 4.06. The van der Waals surface area contributed by atoms with Crippen molar-refractivity contribution in [2.75, 3.05) is 7.11 Å². The van der Waals surface area contributed by atoms with Crippen molar-refractivity contribution in [1.82, 2.24) is 10.1 Å². The summed E-state index contributed by atoms with van der Waals surface area (Å²) in [5.41, 5.74) is 6.77. The van der Waals surface area contributed by atoms with E-state index in [0.717, 1.165) is 30.6 Å². The Labute approximate surface area is 111 Å². The normalized spacial score (nSPS) is 22.6. The average Bonchev–Trinajstić information content (AvgIpc) is 3.07. The van der Waals surface area contributed by atoms with Crippen molar-refractivity contribution < 1.29 is 9.26 Å². The van der Waals surface area contributed by atoms with Gasteiger partial charge in [0, 0.05) is 12.0 Å². The van der Waals surface area contributed by atoms with Crippen molar-refractivity contribution >= 4 is 0 Å². The van der Waals surface area contributed by atoms with E-state index < -0.39 is 0 Å². The minimum absolute atomic E-state index is 0.256. The van der Waals surface area contributed by atoms with Crippen LogP contribution in [0.5, 0.6) is 5.75 Å². The number of nitrogens with zero attached hydrogens (tertiary/aromatic N) is 2. The molecule has 1 aliphatic rings. The number of methoxy groups -OCH3 is 1. The Morgan fingerprint density at radius 2 is 2.16 bits per heavy atom. The standard InChI is InChI=1S/C14H17N3O2/c1-18-12-5-3-2-4-11(12)13-16-14(19-17-13)9-6-7-10(15)8-9/h2-5,9-10H,6-8,15H2,1H3/t9-,10+/m1/s1. The summed E-state index contributed by atoms with van der Waals surface area (Å²) >= 11 is 0. The van der Waals surface area contributed by atoms with Crippen molar-refractivity contribution in [3.05, 3.63) is 30.2 Å². The first-order valence-corrected chi connectivity index (χ1v) is 6.50. The van der Waals surface area contributed by atoms with Crippen LogP contribution < -0.4 is 10.5 Å². The van der Waals surface area contributed by atoms with Crippen LogP contribution in [0.4, 0.5) is 0 Å². The van der Waals surface area contributed by atoms with Crippen LogP contribution in [0.25, 0.3) is 11.4 Å². The average molecular weight is 259 g/mol. The molecule has 0 saturated heterocycles. The number of hydrogen-bond acceptors (Lipinski definition) is 5. The lowest BCUT2D eigenvalue weighted by atomic mass is 10.1. The molecule has 5 nitrogen and oxygen atoms in total. The highest BCUT2D eigenvalue weighted by molar-refractivity contribution is 5.63. The summed E-state index contributed by atoms with van der Waals surface area (Å²) in [4.78, 5) is 4.49. The molecule has 2 atom stereocenters. The van der Waals surface area contributed by atoms with Gasteiger partial charge in [0.15, 0.2) is 0 Å². The topological polar surface area (TPSA) is 74.2 Å². The molecule has 2 N–H and O–H groups in total. The van der Waals surface area contributed by atoms with Gasteiger partial charge in [-0.25, -0.2) is 0 Å². The Bertz CT molecular complexity index is 567. The van der Waals surface area contributed by atoms with E-state index >= 15 is 0 Å². The maximum Gasteiger partial charge on any atom is 0.230 e. The fourth-order valence-electron chi connectivity index (χ4n) is 2.58. The van der Waals surface area contributed by atoms with E-state index in [2.05, 4.69) is 10.1 Å². The van der Waals surface area contributed by atoms with Gasteiger partial charge >= 0.3 is 0 Å². The fourth-order valence-corrected chi connectivity index (χ4v) is 2.58. The molecule has 1 fully saturated rings. The molecule has 19 heavy (non-hydrogen) atoms. The Morgan fingerprint density at radius 3 is 2.89 bits per heavy atom. The number of benzene rings is 1. The second-order valence-corrected chi connectivity index (χ2v) is 4.93. The first-order valence-electron chi connectivity index (χ1n) is 6.50. The summed E-state index contributed by atoms with van der Waals surface area (Å²) < 4.78 is 10.7. The first kappa shape index (κ1) is 12.2. The molecule has 0 aliphatic heterocycles. The minimum atomic E-state index is 0.256. The molecule has 3 rings (SSSR count). The second kappa shape index (κ2) is 5.01. The number of aromatic nitrogens is 2. The van der Waals surface area contributed by atoms with Crippen molar-refractivity contribution in [2.24, 2.45) is 5.73 Å². The van der Waals surface area contributed by atoms with E-state index in [4.69, 9.17) is 15.0 Å². The van der Waals surface area contributed by atoms with Crippen LogP contribution in [-0.4, -0.2) is 23.3 Å². The highest BCUT2D eigenvalue weighted by Crippen LogP contribution is 2.34. The van der Waals surface area contributed by atoms with E-state index in [-0.39, 0.29) is 6.04 Å². The zero-order valence-electron chi connectivity index (χ0n) is 10.9. The molecule has 0 bridgehead atoms. The van der Waals surface area contributed by atoms with Crippen LogP contribution in [0.1, 0.15) is 31.1 Å². The summed E-state index contributed by atoms with van der Waals surface area (Å²) in [5.74, 6) is 2.31. The predicted octanol–water partition coefficient (Wildman–Crippen LogP) is 2.34. The van der Waals surface area contributed by atoms with Crippen molar-refractivity contribution in [2.45, 2.75) is 31.2 Å². The number of hydrogen-bond donors (Lipinski definition) is 1. The molecule has 0 radical (unpaired) electrons. The molecule has 1 heterocycles. The van der Waals surface area contributed by atoms with Gasteiger partial charge in [-0.1, -0.05) is 17.3 Å². The Hall–Kier alpha value is -1.88. The van der Waals surface area contributed by atoms with Gasteiger partial charge in [-0.05, 0) is 31.4 Å². The lowest BCUT2D eigenvalue weighted by molar-refractivity contribution is 0.353. The van der Waals surface area contributed by atoms with Crippen LogP contribution in [0.3, 0.4) is 0 Å². The van der Waals surface area contributed by atoms with Gasteiger partial charge in [0.25, 0.3) is 0 Å². The van der Waals surface area contributed by atoms with E-state index in [1.165, 1.54) is 0 Å². The molecule has 1 aromatic carbocycles. The summed E-state index contributed by atoms with van der Waals surface area (Å²) in [6, 6.07) is 7.91. The Kier molecular flexibility index (Phi) is 3.21. The van der Waals surface area contributed by atoms with E-state index in [9.17, 15) is 0 Å². The maximum atomic E-state index is 5.92. The summed E-state index contributed by atoms with van der Waals surface area (Å²) in [6.45, 7) is 0. The molecule has 0 spiro atoms. The third-order valence-corrected chi connectivity index (χ3v) is 3.61. The van der Waals surface area contributed by atoms with Gasteiger partial charge in [-0.15, -0.1) is 0 Å². The van der Waals surface area contributed by atoms with Gasteiger partial charge in [-0.3, -0.25) is 0 Å². The highest BCUT2D eigenvalue weighted by Gasteiger charge is 2.28. The Morgan fingerprint density at radius 1 is 1.32 bits per heavy atom. The summed E-state index contributed by atoms with van der Waals surface area (Å²) in [6.07, 6.45) is 2.97. The third kappa shape index (κ3) is 2.33. The molecule has 1 aromatic heterocycles. The van der Waals surface area contributed by atoms with Gasteiger partial charge in [0.1, 0.15) is 5.75 Å². The molecule has 1 saturated carbocycles. The fraction of sp³-hybridized carbons (Fsp3) is 0.429. The third-order valence-electron chi connectivity index (χ3n) is 3.61. The zero-order chi connectivity index (χ0) is 13.2. The van der Waals surface area contributed by atoms with Gasteiger partial charge in [0.2, 0.25) is 11.7 Å². The van der Waals surface area contributed by atoms with Crippen molar-refractivity contribution in [3.63, 3.8) is 0 Å². The molecule has 5 heteroatoms. The van der Waals surface area contributed by atoms with E-state index in [1.807, 2.05) is 24.3 Å². The predicted molar refractivity (Wildman–Crippen MR) is 70.9 cm³/mol. The smallest absolute Gasteiger partial charge is 0.230 e. The lowest BCUT2D eigenvalue weighted by Gasteiger charge is -2.03. The number of nitrogens with two attached hydrogens (primary N) is 1. The molecule has 1 aliphatic carbocycles. The molecule has 2 aromatic rings. The van der Waals surface area contributed by atoms with Crippen LogP contribution in [-0.2, 0) is 0 Å². The highest BCUT2D eigenvalue weighted by atomic mass is 16.5. The quantitative estimate of drug-likeness (QED) is 0.915. The lowest BCUT2D eigenvalue weighted by Crippen LogP contribution is -2.14. The minimum Gasteiger partial charge on any atom is -0.496 e. The number of rotatable bonds is 3. The molecule has 0 amide bonds. The van der Waals surface area contributed by atoms with Crippen molar-refractivity contribution in [1.29, 1.82) is 0 Å². The number of ether oxygens (including phenoxy) is 1. The van der Waals surface area contributed by atoms with Gasteiger partial charge < -0.3 is 15.0 Å². The van der Waals surface area contributed by atoms with Gasteiger partial charge in [0.05, 0.1) is 12.7 Å². The molecule has 0 unspecified atom stereocenters. The maximum absolute atomic E-state index is 5.92. The monoisotopic (exact) mass is 259 g/mol. The van der Waals surface area contributed by atoms with Crippen LogP contribution in [0.15, 0.2) is 28.8 Å². The van der Waals surface area contributed by atoms with Crippen LogP contribution in [0.2, 0.25) is 0 Å². The number of para-hydroxylation sites is 1. The largest absolute Gasteiger partial charge is 0.496 e. The van der Waals surface area contributed by atoms with Crippen molar-refractivity contribution in [3.8, 4) is 17.1 Å². The zero-order valence-corrected chi connectivity index (χ0v) is 10.9. The second-order valence-electron chi connectivity index (χ2n) is 4.93. The Balaban J connectivity index is 1.88. The van der Waals surface area contributed by atoms with Gasteiger partial charge in [-0.2, -0.15) is 4.98 Å². The van der Waals surface area contributed by atoms with Crippen LogP contribution >= 0.6 is 0 Å². The van der Waals surface area contributed by atoms with E-state index in [0.29, 0.717) is 17.6 Å². The van der Waals surface area contributed by atoms with E-state index in [1.54, 1.807) is 7.11 Å². The molecular weight excluding hydrogens is 242 g/mol. The van der Waals surface area contributed by atoms with Crippen LogP contribution in [0, 0.1) is 0 Å². The SMILES string of the molecule is COc1ccccc1-c1noc([C@@H]2CC[C@H](N)C2)n1. The first-order chi connectivity index (χ1) is 9.28. The molecule has 100 valence electrons. The summed E-state index contributed by atoms with van der Waals surface area (Å²) in [7, 11) is 1.63. The molecular formula is C14H17N3O2.